The molecular formula is C12H14O2. The van der Waals surface area contributed by atoms with Crippen molar-refractivity contribution in [1.82, 2.24) is 0 Å². The lowest BCUT2D eigenvalue weighted by atomic mass is 9.92. The molecule has 2 rings (SSSR count). The Hall–Kier alpha value is -1.28. The second kappa shape index (κ2) is 3.46. The van der Waals surface area contributed by atoms with Crippen LogP contribution in [0.2, 0.25) is 0 Å². The Morgan fingerprint density at radius 3 is 3.00 bits per heavy atom. The highest BCUT2D eigenvalue weighted by Crippen LogP contribution is 2.36. The van der Waals surface area contributed by atoms with Crippen molar-refractivity contribution >= 4 is 0 Å². The van der Waals surface area contributed by atoms with Gasteiger partial charge in [-0.1, -0.05) is 30.4 Å². The van der Waals surface area contributed by atoms with Crippen LogP contribution in [0.3, 0.4) is 0 Å². The molecule has 1 aliphatic heterocycles. The van der Waals surface area contributed by atoms with Crippen molar-refractivity contribution in [2.24, 2.45) is 0 Å². The SMILES string of the molecule is C=C(C)C(O)C1COc2ccccc21. The van der Waals surface area contributed by atoms with Crippen molar-refractivity contribution in [3.63, 3.8) is 0 Å². The maximum Gasteiger partial charge on any atom is 0.123 e. The second-order valence-electron chi connectivity index (χ2n) is 3.75. The highest BCUT2D eigenvalue weighted by atomic mass is 16.5. The number of aliphatic hydroxyl groups is 1. The summed E-state index contributed by atoms with van der Waals surface area (Å²) in [6, 6.07) is 7.83. The molecule has 0 radical (unpaired) electrons. The third-order valence-electron chi connectivity index (χ3n) is 2.62. The van der Waals surface area contributed by atoms with Crippen LogP contribution in [0.25, 0.3) is 0 Å². The number of aliphatic hydroxyl groups excluding tert-OH is 1. The van der Waals surface area contributed by atoms with Gasteiger partial charge in [0.25, 0.3) is 0 Å². The Balaban J connectivity index is 2.30. The third-order valence-corrected chi connectivity index (χ3v) is 2.62. The molecule has 0 aliphatic carbocycles. The average Bonchev–Trinajstić information content (AvgIpc) is 2.60. The fourth-order valence-corrected chi connectivity index (χ4v) is 1.79. The van der Waals surface area contributed by atoms with Gasteiger partial charge in [0, 0.05) is 5.56 Å². The molecule has 2 unspecified atom stereocenters. The van der Waals surface area contributed by atoms with E-state index in [0.29, 0.717) is 6.61 Å². The van der Waals surface area contributed by atoms with Crippen LogP contribution in [0.1, 0.15) is 18.4 Å². The molecule has 14 heavy (non-hydrogen) atoms. The number of hydrogen-bond acceptors (Lipinski definition) is 2. The quantitative estimate of drug-likeness (QED) is 0.724. The molecule has 0 saturated carbocycles. The van der Waals surface area contributed by atoms with Gasteiger partial charge in [-0.2, -0.15) is 0 Å². The van der Waals surface area contributed by atoms with E-state index in [1.807, 2.05) is 31.2 Å². The maximum absolute atomic E-state index is 9.89. The Bertz CT molecular complexity index is 357. The molecule has 1 N–H and O–H groups in total. The predicted molar refractivity (Wildman–Crippen MR) is 55.5 cm³/mol. The van der Waals surface area contributed by atoms with Gasteiger partial charge in [-0.25, -0.2) is 0 Å². The summed E-state index contributed by atoms with van der Waals surface area (Å²) in [5.74, 6) is 0.932. The molecule has 0 aromatic heterocycles. The normalized spacial score (nSPS) is 21.1. The zero-order valence-electron chi connectivity index (χ0n) is 8.23. The number of fused-ring (bicyclic) bond motifs is 1. The lowest BCUT2D eigenvalue weighted by molar-refractivity contribution is 0.160. The predicted octanol–water partition coefficient (Wildman–Crippen LogP) is 2.10. The number of hydrogen-bond donors (Lipinski definition) is 1. The summed E-state index contributed by atoms with van der Waals surface area (Å²) in [5, 5.41) is 9.89. The first-order valence-electron chi connectivity index (χ1n) is 4.75. The molecular weight excluding hydrogens is 176 g/mol. The summed E-state index contributed by atoms with van der Waals surface area (Å²) in [6.07, 6.45) is -0.501. The number of benzene rings is 1. The fraction of sp³-hybridized carbons (Fsp3) is 0.333. The molecule has 0 saturated heterocycles. The molecule has 2 atom stereocenters. The lowest BCUT2D eigenvalue weighted by Crippen LogP contribution is -2.20. The zero-order valence-corrected chi connectivity index (χ0v) is 8.23. The van der Waals surface area contributed by atoms with Crippen LogP contribution >= 0.6 is 0 Å². The van der Waals surface area contributed by atoms with Crippen LogP contribution in [0, 0.1) is 0 Å². The van der Waals surface area contributed by atoms with Gasteiger partial charge in [0.15, 0.2) is 0 Å². The van der Waals surface area contributed by atoms with Crippen molar-refractivity contribution < 1.29 is 9.84 Å². The summed E-state index contributed by atoms with van der Waals surface area (Å²) in [7, 11) is 0. The van der Waals surface area contributed by atoms with Crippen molar-refractivity contribution in [3.05, 3.63) is 42.0 Å². The van der Waals surface area contributed by atoms with E-state index in [0.717, 1.165) is 16.9 Å². The number of ether oxygens (including phenoxy) is 1. The average molecular weight is 190 g/mol. The summed E-state index contributed by atoms with van der Waals surface area (Å²) in [4.78, 5) is 0. The Morgan fingerprint density at radius 2 is 2.29 bits per heavy atom. The second-order valence-corrected chi connectivity index (χ2v) is 3.75. The monoisotopic (exact) mass is 190 g/mol. The van der Waals surface area contributed by atoms with E-state index in [9.17, 15) is 5.11 Å². The van der Waals surface area contributed by atoms with Gasteiger partial charge in [0.1, 0.15) is 5.75 Å². The lowest BCUT2D eigenvalue weighted by Gasteiger charge is -2.16. The molecule has 1 aromatic carbocycles. The molecule has 0 spiro atoms. The van der Waals surface area contributed by atoms with Crippen molar-refractivity contribution in [3.8, 4) is 5.75 Å². The van der Waals surface area contributed by atoms with Crippen LogP contribution in [-0.2, 0) is 0 Å². The van der Waals surface area contributed by atoms with Gasteiger partial charge >= 0.3 is 0 Å². The van der Waals surface area contributed by atoms with Gasteiger partial charge in [-0.05, 0) is 13.0 Å². The highest BCUT2D eigenvalue weighted by Gasteiger charge is 2.30. The molecule has 0 bridgehead atoms. The van der Waals surface area contributed by atoms with E-state index in [4.69, 9.17) is 4.74 Å². The van der Waals surface area contributed by atoms with Crippen molar-refractivity contribution in [1.29, 1.82) is 0 Å². The van der Waals surface area contributed by atoms with Crippen molar-refractivity contribution in [2.75, 3.05) is 6.61 Å². The van der Waals surface area contributed by atoms with Gasteiger partial charge in [0.2, 0.25) is 0 Å². The summed E-state index contributed by atoms with van der Waals surface area (Å²) in [5.41, 5.74) is 1.87. The molecule has 2 heteroatoms. The minimum atomic E-state index is -0.501. The van der Waals surface area contributed by atoms with Gasteiger partial charge in [0.05, 0.1) is 18.6 Å². The smallest absolute Gasteiger partial charge is 0.123 e. The molecule has 1 aliphatic rings. The molecule has 1 heterocycles. The van der Waals surface area contributed by atoms with Gasteiger partial charge in [-0.3, -0.25) is 0 Å². The molecule has 0 amide bonds. The Kier molecular flexibility index (Phi) is 2.30. The molecule has 2 nitrogen and oxygen atoms in total. The topological polar surface area (TPSA) is 29.5 Å². The third kappa shape index (κ3) is 1.42. The Labute approximate surface area is 83.8 Å². The van der Waals surface area contributed by atoms with E-state index >= 15 is 0 Å². The standard InChI is InChI=1S/C12H14O2/c1-8(2)12(13)10-7-14-11-6-4-3-5-9(10)11/h3-6,10,12-13H,1,7H2,2H3. The van der Waals surface area contributed by atoms with Crippen LogP contribution in [-0.4, -0.2) is 17.8 Å². The van der Waals surface area contributed by atoms with Crippen LogP contribution in [0.4, 0.5) is 0 Å². The minimum Gasteiger partial charge on any atom is -0.493 e. The molecule has 1 aromatic rings. The summed E-state index contributed by atoms with van der Waals surface area (Å²) < 4.78 is 5.48. The fourth-order valence-electron chi connectivity index (χ4n) is 1.79. The first-order valence-corrected chi connectivity index (χ1v) is 4.75. The minimum absolute atomic E-state index is 0.0451. The largest absolute Gasteiger partial charge is 0.493 e. The van der Waals surface area contributed by atoms with E-state index < -0.39 is 6.10 Å². The first-order chi connectivity index (χ1) is 6.70. The van der Waals surface area contributed by atoms with E-state index in [-0.39, 0.29) is 5.92 Å². The highest BCUT2D eigenvalue weighted by molar-refractivity contribution is 5.41. The summed E-state index contributed by atoms with van der Waals surface area (Å²) in [6.45, 7) is 6.15. The van der Waals surface area contributed by atoms with Gasteiger partial charge < -0.3 is 9.84 Å². The first kappa shape index (κ1) is 9.28. The molecule has 74 valence electrons. The van der Waals surface area contributed by atoms with E-state index in [1.165, 1.54) is 0 Å². The van der Waals surface area contributed by atoms with E-state index in [2.05, 4.69) is 6.58 Å². The van der Waals surface area contributed by atoms with Gasteiger partial charge in [-0.15, -0.1) is 0 Å². The van der Waals surface area contributed by atoms with Crippen molar-refractivity contribution in [2.45, 2.75) is 18.9 Å². The Morgan fingerprint density at radius 1 is 1.57 bits per heavy atom. The zero-order chi connectivity index (χ0) is 10.1. The molecule has 0 fully saturated rings. The number of rotatable bonds is 2. The van der Waals surface area contributed by atoms with Crippen LogP contribution < -0.4 is 4.74 Å². The van der Waals surface area contributed by atoms with Crippen LogP contribution in [0.5, 0.6) is 5.75 Å². The number of para-hydroxylation sites is 1. The van der Waals surface area contributed by atoms with Crippen LogP contribution in [0.15, 0.2) is 36.4 Å². The summed E-state index contributed by atoms with van der Waals surface area (Å²) >= 11 is 0. The maximum atomic E-state index is 9.89. The van der Waals surface area contributed by atoms with E-state index in [1.54, 1.807) is 0 Å².